The molecule has 156 valence electrons. The highest BCUT2D eigenvalue weighted by Gasteiger charge is 2.27. The predicted molar refractivity (Wildman–Crippen MR) is 110 cm³/mol. The number of aromatic nitrogens is 1. The fourth-order valence-electron chi connectivity index (χ4n) is 2.68. The number of amides is 1. The van der Waals surface area contributed by atoms with Gasteiger partial charge >= 0.3 is 0 Å². The van der Waals surface area contributed by atoms with Crippen LogP contribution in [0.3, 0.4) is 0 Å². The SMILES string of the molecule is COc1ccc(N(CC(=O)NCc2ccncc2)S(=O)(=O)c2ccc(F)cc2)cc1. The van der Waals surface area contributed by atoms with Crippen molar-refractivity contribution >= 4 is 21.6 Å². The van der Waals surface area contributed by atoms with Crippen LogP contribution in [0.4, 0.5) is 10.1 Å². The van der Waals surface area contributed by atoms with Crippen molar-refractivity contribution in [1.82, 2.24) is 10.3 Å². The van der Waals surface area contributed by atoms with Crippen molar-refractivity contribution in [2.45, 2.75) is 11.4 Å². The van der Waals surface area contributed by atoms with Crippen LogP contribution in [0, 0.1) is 5.82 Å². The Hall–Kier alpha value is -3.46. The van der Waals surface area contributed by atoms with Crippen molar-refractivity contribution in [1.29, 1.82) is 0 Å². The van der Waals surface area contributed by atoms with Gasteiger partial charge in [0.2, 0.25) is 5.91 Å². The minimum atomic E-state index is -4.11. The number of hydrogen-bond donors (Lipinski definition) is 1. The van der Waals surface area contributed by atoms with E-state index >= 15 is 0 Å². The molecule has 0 aliphatic rings. The van der Waals surface area contributed by atoms with Gasteiger partial charge in [0.05, 0.1) is 17.7 Å². The summed E-state index contributed by atoms with van der Waals surface area (Å²) in [6.45, 7) is -0.217. The van der Waals surface area contributed by atoms with E-state index in [-0.39, 0.29) is 17.1 Å². The van der Waals surface area contributed by atoms with E-state index in [9.17, 15) is 17.6 Å². The molecule has 0 saturated carbocycles. The van der Waals surface area contributed by atoms with Gasteiger partial charge in [0.1, 0.15) is 18.1 Å². The number of pyridine rings is 1. The highest BCUT2D eigenvalue weighted by molar-refractivity contribution is 7.92. The minimum absolute atomic E-state index is 0.123. The molecule has 1 heterocycles. The zero-order valence-corrected chi connectivity index (χ0v) is 17.0. The Morgan fingerprint density at radius 2 is 1.67 bits per heavy atom. The van der Waals surface area contributed by atoms with Crippen molar-refractivity contribution in [2.75, 3.05) is 18.0 Å². The molecule has 0 saturated heterocycles. The molecule has 9 heteroatoms. The molecule has 0 aliphatic heterocycles. The monoisotopic (exact) mass is 429 g/mol. The van der Waals surface area contributed by atoms with Crippen molar-refractivity contribution in [2.24, 2.45) is 0 Å². The van der Waals surface area contributed by atoms with E-state index in [0.29, 0.717) is 5.75 Å². The van der Waals surface area contributed by atoms with E-state index in [4.69, 9.17) is 4.74 Å². The van der Waals surface area contributed by atoms with Crippen molar-refractivity contribution in [3.63, 3.8) is 0 Å². The maximum Gasteiger partial charge on any atom is 0.264 e. The van der Waals surface area contributed by atoms with E-state index in [1.54, 1.807) is 36.7 Å². The third-order valence-electron chi connectivity index (χ3n) is 4.29. The number of rotatable bonds is 8. The molecule has 3 aromatic rings. The molecule has 0 aliphatic carbocycles. The Balaban J connectivity index is 1.86. The van der Waals surface area contributed by atoms with E-state index in [1.807, 2.05) is 0 Å². The fourth-order valence-corrected chi connectivity index (χ4v) is 4.11. The Morgan fingerprint density at radius 3 is 2.27 bits per heavy atom. The van der Waals surface area contributed by atoms with Crippen LogP contribution in [-0.2, 0) is 21.4 Å². The molecular weight excluding hydrogens is 409 g/mol. The summed E-state index contributed by atoms with van der Waals surface area (Å²) >= 11 is 0. The summed E-state index contributed by atoms with van der Waals surface area (Å²) in [5, 5.41) is 2.70. The lowest BCUT2D eigenvalue weighted by atomic mass is 10.2. The number of methoxy groups -OCH3 is 1. The second-order valence-corrected chi connectivity index (χ2v) is 8.16. The van der Waals surface area contributed by atoms with Gasteiger partial charge in [0, 0.05) is 18.9 Å². The van der Waals surface area contributed by atoms with Gasteiger partial charge in [0.15, 0.2) is 0 Å². The summed E-state index contributed by atoms with van der Waals surface area (Å²) in [6, 6.07) is 14.2. The smallest absolute Gasteiger partial charge is 0.264 e. The average molecular weight is 429 g/mol. The van der Waals surface area contributed by atoms with Gasteiger partial charge in [-0.25, -0.2) is 12.8 Å². The predicted octanol–water partition coefficient (Wildman–Crippen LogP) is 2.74. The van der Waals surface area contributed by atoms with Crippen LogP contribution in [0.15, 0.2) is 78.0 Å². The maximum atomic E-state index is 13.3. The number of sulfonamides is 1. The van der Waals surface area contributed by atoms with Crippen LogP contribution in [0.5, 0.6) is 5.75 Å². The molecular formula is C21H20FN3O4S. The molecule has 3 rings (SSSR count). The third-order valence-corrected chi connectivity index (χ3v) is 6.08. The zero-order chi connectivity index (χ0) is 21.6. The third kappa shape index (κ3) is 5.12. The molecule has 2 aromatic carbocycles. The second kappa shape index (κ2) is 9.36. The summed E-state index contributed by atoms with van der Waals surface area (Å²) in [5.74, 6) is -0.506. The van der Waals surface area contributed by atoms with E-state index in [2.05, 4.69) is 10.3 Å². The van der Waals surface area contributed by atoms with Crippen molar-refractivity contribution in [3.05, 3.63) is 84.4 Å². The fraction of sp³-hybridized carbons (Fsp3) is 0.143. The van der Waals surface area contributed by atoms with Crippen LogP contribution in [-0.4, -0.2) is 33.0 Å². The number of benzene rings is 2. The number of carbonyl (C=O) groups is 1. The molecule has 0 unspecified atom stereocenters. The lowest BCUT2D eigenvalue weighted by Gasteiger charge is -2.24. The molecule has 1 aromatic heterocycles. The molecule has 0 bridgehead atoms. The van der Waals surface area contributed by atoms with Gasteiger partial charge in [-0.3, -0.25) is 14.1 Å². The molecule has 0 spiro atoms. The highest BCUT2D eigenvalue weighted by Crippen LogP contribution is 2.25. The molecule has 0 atom stereocenters. The van der Waals surface area contributed by atoms with Crippen LogP contribution in [0.25, 0.3) is 0 Å². The van der Waals surface area contributed by atoms with Gasteiger partial charge in [-0.05, 0) is 66.2 Å². The first kappa shape index (κ1) is 21.3. The Kier molecular flexibility index (Phi) is 6.63. The molecule has 1 amide bonds. The van der Waals surface area contributed by atoms with Gasteiger partial charge in [-0.2, -0.15) is 0 Å². The maximum absolute atomic E-state index is 13.3. The van der Waals surface area contributed by atoms with Crippen molar-refractivity contribution in [3.8, 4) is 5.75 Å². The van der Waals surface area contributed by atoms with E-state index < -0.39 is 28.3 Å². The molecule has 0 radical (unpaired) electrons. The van der Waals surface area contributed by atoms with Crippen LogP contribution >= 0.6 is 0 Å². The van der Waals surface area contributed by atoms with Crippen LogP contribution in [0.1, 0.15) is 5.56 Å². The largest absolute Gasteiger partial charge is 0.497 e. The summed E-state index contributed by atoms with van der Waals surface area (Å²) in [7, 11) is -2.62. The van der Waals surface area contributed by atoms with Gasteiger partial charge in [-0.15, -0.1) is 0 Å². The van der Waals surface area contributed by atoms with Crippen LogP contribution in [0.2, 0.25) is 0 Å². The summed E-state index contributed by atoms with van der Waals surface area (Å²) < 4.78 is 45.7. The molecule has 30 heavy (non-hydrogen) atoms. The first-order valence-corrected chi connectivity index (χ1v) is 10.4. The van der Waals surface area contributed by atoms with E-state index in [0.717, 1.165) is 34.1 Å². The number of halogens is 1. The quantitative estimate of drug-likeness (QED) is 0.595. The van der Waals surface area contributed by atoms with Gasteiger partial charge in [-0.1, -0.05) is 0 Å². The molecule has 7 nitrogen and oxygen atoms in total. The lowest BCUT2D eigenvalue weighted by Crippen LogP contribution is -2.40. The first-order valence-electron chi connectivity index (χ1n) is 8.98. The molecule has 0 fully saturated rings. The number of ether oxygens (including phenoxy) is 1. The number of nitrogens with zero attached hydrogens (tertiary/aromatic N) is 2. The zero-order valence-electron chi connectivity index (χ0n) is 16.2. The van der Waals surface area contributed by atoms with Crippen molar-refractivity contribution < 1.29 is 22.3 Å². The summed E-state index contributed by atoms with van der Waals surface area (Å²) in [6.07, 6.45) is 3.20. The lowest BCUT2D eigenvalue weighted by molar-refractivity contribution is -0.119. The van der Waals surface area contributed by atoms with Gasteiger partial charge in [0.25, 0.3) is 10.0 Å². The highest BCUT2D eigenvalue weighted by atomic mass is 32.2. The minimum Gasteiger partial charge on any atom is -0.497 e. The second-order valence-electron chi connectivity index (χ2n) is 6.30. The Morgan fingerprint density at radius 1 is 1.03 bits per heavy atom. The average Bonchev–Trinajstić information content (AvgIpc) is 2.77. The normalized spacial score (nSPS) is 11.0. The van der Waals surface area contributed by atoms with Crippen LogP contribution < -0.4 is 14.4 Å². The standard InChI is InChI=1S/C21H20FN3O4S/c1-29-19-6-4-18(5-7-19)25(30(27,28)20-8-2-17(22)3-9-20)15-21(26)24-14-16-10-12-23-13-11-16/h2-13H,14-15H2,1H3,(H,24,26). The topological polar surface area (TPSA) is 88.6 Å². The Labute approximate surface area is 174 Å². The number of nitrogens with one attached hydrogen (secondary N) is 1. The summed E-state index contributed by atoms with van der Waals surface area (Å²) in [4.78, 5) is 16.3. The number of carbonyl (C=O) groups excluding carboxylic acids is 1. The number of anilines is 1. The summed E-state index contributed by atoms with van der Waals surface area (Å²) in [5.41, 5.74) is 1.11. The first-order chi connectivity index (χ1) is 14.4. The van der Waals surface area contributed by atoms with Gasteiger partial charge < -0.3 is 10.1 Å². The van der Waals surface area contributed by atoms with E-state index in [1.165, 1.54) is 19.2 Å². The Bertz CT molecular complexity index is 1090. The molecule has 1 N–H and O–H groups in total. The number of hydrogen-bond acceptors (Lipinski definition) is 5.